The van der Waals surface area contributed by atoms with Crippen LogP contribution in [0.3, 0.4) is 0 Å². The van der Waals surface area contributed by atoms with Crippen molar-refractivity contribution < 1.29 is 0 Å². The molecule has 6 heteroatoms. The lowest BCUT2D eigenvalue weighted by Crippen LogP contribution is -2.34. The van der Waals surface area contributed by atoms with Crippen LogP contribution in [0, 0.1) is 0 Å². The number of benzene rings is 1. The predicted molar refractivity (Wildman–Crippen MR) is 92.5 cm³/mol. The van der Waals surface area contributed by atoms with Crippen LogP contribution in [-0.2, 0) is 6.42 Å². The Hall–Kier alpha value is -1.23. The average Bonchev–Trinajstić information content (AvgIpc) is 2.91. The summed E-state index contributed by atoms with van der Waals surface area (Å²) in [6.07, 6.45) is 0.899. The van der Waals surface area contributed by atoms with Gasteiger partial charge in [-0.1, -0.05) is 35.3 Å². The molecule has 0 radical (unpaired) electrons. The molecule has 2 aromatic rings. The van der Waals surface area contributed by atoms with E-state index >= 15 is 0 Å². The van der Waals surface area contributed by atoms with Gasteiger partial charge in [0.25, 0.3) is 0 Å². The van der Waals surface area contributed by atoms with Gasteiger partial charge >= 0.3 is 0 Å². The molecule has 3 nitrogen and oxygen atoms in total. The Morgan fingerprint density at radius 3 is 2.86 bits per heavy atom. The highest BCUT2D eigenvalue weighted by molar-refractivity contribution is 7.09. The second-order valence-corrected chi connectivity index (χ2v) is 6.50. The van der Waals surface area contributed by atoms with Gasteiger partial charge in [0.15, 0.2) is 5.96 Å². The molecule has 1 atom stereocenters. The van der Waals surface area contributed by atoms with Crippen molar-refractivity contribution in [2.45, 2.75) is 19.4 Å². The molecule has 0 aliphatic carbocycles. The van der Waals surface area contributed by atoms with Crippen molar-refractivity contribution >= 4 is 40.5 Å². The van der Waals surface area contributed by atoms with Crippen molar-refractivity contribution in [1.29, 1.82) is 0 Å². The van der Waals surface area contributed by atoms with Gasteiger partial charge in [-0.2, -0.15) is 0 Å². The maximum Gasteiger partial charge on any atom is 0.189 e. The molecule has 1 aromatic carbocycles. The Morgan fingerprint density at radius 1 is 1.38 bits per heavy atom. The molecule has 2 rings (SSSR count). The summed E-state index contributed by atoms with van der Waals surface area (Å²) < 4.78 is 0. The number of halogens is 2. The molecule has 1 unspecified atom stereocenters. The van der Waals surface area contributed by atoms with E-state index in [-0.39, 0.29) is 6.04 Å². The highest BCUT2D eigenvalue weighted by Gasteiger charge is 2.10. The number of hydrogen-bond acceptors (Lipinski definition) is 2. The fraction of sp³-hybridized carbons (Fsp3) is 0.267. The van der Waals surface area contributed by atoms with Crippen molar-refractivity contribution in [3.63, 3.8) is 0 Å². The van der Waals surface area contributed by atoms with Gasteiger partial charge in [0.05, 0.1) is 6.04 Å². The third kappa shape index (κ3) is 4.92. The minimum absolute atomic E-state index is 0.0275. The smallest absolute Gasteiger partial charge is 0.189 e. The van der Waals surface area contributed by atoms with Crippen molar-refractivity contribution in [3.8, 4) is 0 Å². The molecule has 1 aromatic heterocycles. The summed E-state index contributed by atoms with van der Waals surface area (Å²) in [5.41, 5.74) is 6.85. The van der Waals surface area contributed by atoms with Crippen molar-refractivity contribution in [2.75, 3.05) is 6.54 Å². The van der Waals surface area contributed by atoms with E-state index in [0.717, 1.165) is 12.0 Å². The van der Waals surface area contributed by atoms with Crippen LogP contribution in [0.1, 0.15) is 23.4 Å². The molecule has 0 aliphatic rings. The molecule has 0 spiro atoms. The number of guanidine groups is 1. The van der Waals surface area contributed by atoms with Gasteiger partial charge in [0.1, 0.15) is 0 Å². The summed E-state index contributed by atoms with van der Waals surface area (Å²) in [7, 11) is 0. The quantitative estimate of drug-likeness (QED) is 0.630. The Bertz CT molecular complexity index is 611. The summed E-state index contributed by atoms with van der Waals surface area (Å²) in [6.45, 7) is 2.65. The van der Waals surface area contributed by atoms with Gasteiger partial charge in [-0.3, -0.25) is 4.99 Å². The third-order valence-electron chi connectivity index (χ3n) is 3.01. The molecular weight excluding hydrogens is 325 g/mol. The number of nitrogens with two attached hydrogens (primary N) is 1. The first-order valence-electron chi connectivity index (χ1n) is 6.60. The predicted octanol–water partition coefficient (Wildman–Crippen LogP) is 4.26. The van der Waals surface area contributed by atoms with Crippen LogP contribution in [0.2, 0.25) is 10.0 Å². The van der Waals surface area contributed by atoms with Crippen LogP contribution in [0.15, 0.2) is 40.7 Å². The largest absolute Gasteiger partial charge is 0.370 e. The zero-order chi connectivity index (χ0) is 15.2. The zero-order valence-corrected chi connectivity index (χ0v) is 14.0. The lowest BCUT2D eigenvalue weighted by Gasteiger charge is -2.16. The summed E-state index contributed by atoms with van der Waals surface area (Å²) in [4.78, 5) is 5.64. The Balaban J connectivity index is 1.90. The topological polar surface area (TPSA) is 50.4 Å². The second kappa shape index (κ2) is 7.69. The van der Waals surface area contributed by atoms with Gasteiger partial charge in [0.2, 0.25) is 0 Å². The van der Waals surface area contributed by atoms with Crippen LogP contribution < -0.4 is 11.1 Å². The van der Waals surface area contributed by atoms with E-state index in [9.17, 15) is 0 Å². The zero-order valence-electron chi connectivity index (χ0n) is 11.6. The van der Waals surface area contributed by atoms with E-state index < -0.39 is 0 Å². The van der Waals surface area contributed by atoms with Crippen LogP contribution in [0.5, 0.6) is 0 Å². The van der Waals surface area contributed by atoms with Gasteiger partial charge in [-0.15, -0.1) is 11.3 Å². The van der Waals surface area contributed by atoms with Crippen molar-refractivity contribution in [3.05, 3.63) is 56.2 Å². The molecule has 21 heavy (non-hydrogen) atoms. The lowest BCUT2D eigenvalue weighted by atomic mass is 10.1. The first-order chi connectivity index (χ1) is 10.1. The fourth-order valence-electron chi connectivity index (χ4n) is 1.94. The molecule has 1 heterocycles. The molecule has 0 amide bonds. The molecule has 0 fully saturated rings. The lowest BCUT2D eigenvalue weighted by molar-refractivity contribution is 0.708. The maximum absolute atomic E-state index is 6.18. The van der Waals surface area contributed by atoms with E-state index in [0.29, 0.717) is 22.5 Å². The summed E-state index contributed by atoms with van der Waals surface area (Å²) >= 11 is 13.8. The monoisotopic (exact) mass is 341 g/mol. The molecule has 112 valence electrons. The molecule has 3 N–H and O–H groups in total. The van der Waals surface area contributed by atoms with E-state index in [2.05, 4.69) is 21.8 Å². The molecular formula is C15H17Cl2N3S. The maximum atomic E-state index is 6.18. The van der Waals surface area contributed by atoms with Crippen LogP contribution in [0.25, 0.3) is 0 Å². The number of thiophene rings is 1. The van der Waals surface area contributed by atoms with E-state index in [4.69, 9.17) is 28.9 Å². The first-order valence-corrected chi connectivity index (χ1v) is 8.23. The van der Waals surface area contributed by atoms with Crippen LogP contribution >= 0.6 is 34.5 Å². The van der Waals surface area contributed by atoms with Crippen LogP contribution in [0.4, 0.5) is 0 Å². The number of aliphatic imine (C=N–C) groups is 1. The SMILES string of the molecule is CC(NC(N)=NCCc1cccs1)c1ccc(Cl)cc1Cl. The molecule has 0 saturated heterocycles. The minimum Gasteiger partial charge on any atom is -0.370 e. The number of hydrogen-bond donors (Lipinski definition) is 2. The van der Waals surface area contributed by atoms with E-state index in [1.54, 1.807) is 17.4 Å². The Labute approximate surface area is 138 Å². The van der Waals surface area contributed by atoms with Gasteiger partial charge in [0, 0.05) is 27.9 Å². The highest BCUT2D eigenvalue weighted by Crippen LogP contribution is 2.25. The molecule has 0 saturated carbocycles. The van der Waals surface area contributed by atoms with Gasteiger partial charge in [-0.05, 0) is 36.1 Å². The number of nitrogens with one attached hydrogen (secondary N) is 1. The van der Waals surface area contributed by atoms with E-state index in [1.807, 2.05) is 25.1 Å². The van der Waals surface area contributed by atoms with Crippen molar-refractivity contribution in [2.24, 2.45) is 10.7 Å². The minimum atomic E-state index is -0.0275. The number of nitrogens with zero attached hydrogens (tertiary/aromatic N) is 1. The highest BCUT2D eigenvalue weighted by atomic mass is 35.5. The second-order valence-electron chi connectivity index (χ2n) is 4.63. The summed E-state index contributed by atoms with van der Waals surface area (Å²) in [6, 6.07) is 9.53. The normalized spacial score (nSPS) is 13.2. The Kier molecular flexibility index (Phi) is 5.91. The average molecular weight is 342 g/mol. The van der Waals surface area contributed by atoms with Crippen LogP contribution in [-0.4, -0.2) is 12.5 Å². The number of rotatable bonds is 5. The molecule has 0 bridgehead atoms. The molecule has 0 aliphatic heterocycles. The standard InChI is InChI=1S/C15H17Cl2N3S/c1-10(13-5-4-11(16)9-14(13)17)20-15(18)19-7-6-12-3-2-8-21-12/h2-5,8-10H,6-7H2,1H3,(H3,18,19,20). The fourth-order valence-corrected chi connectivity index (χ4v) is 3.21. The Morgan fingerprint density at radius 2 is 2.19 bits per heavy atom. The van der Waals surface area contributed by atoms with Gasteiger partial charge in [-0.25, -0.2) is 0 Å². The van der Waals surface area contributed by atoms with Crippen molar-refractivity contribution in [1.82, 2.24) is 5.32 Å². The summed E-state index contributed by atoms with van der Waals surface area (Å²) in [5, 5.41) is 6.44. The van der Waals surface area contributed by atoms with Gasteiger partial charge < -0.3 is 11.1 Å². The van der Waals surface area contributed by atoms with E-state index in [1.165, 1.54) is 4.88 Å². The third-order valence-corrected chi connectivity index (χ3v) is 4.51. The first kappa shape index (κ1) is 16.1. The summed E-state index contributed by atoms with van der Waals surface area (Å²) in [5.74, 6) is 0.421.